The van der Waals surface area contributed by atoms with Crippen LogP contribution in [0.2, 0.25) is 0 Å². The summed E-state index contributed by atoms with van der Waals surface area (Å²) in [7, 11) is 0. The van der Waals surface area contributed by atoms with Crippen molar-refractivity contribution >= 4 is 5.69 Å². The van der Waals surface area contributed by atoms with Crippen molar-refractivity contribution in [1.82, 2.24) is 14.1 Å². The summed E-state index contributed by atoms with van der Waals surface area (Å²) < 4.78 is 3.82. The van der Waals surface area contributed by atoms with Crippen LogP contribution >= 0.6 is 0 Å². The van der Waals surface area contributed by atoms with Crippen molar-refractivity contribution in [2.75, 3.05) is 5.32 Å². The first-order chi connectivity index (χ1) is 9.24. The zero-order valence-corrected chi connectivity index (χ0v) is 11.5. The number of rotatable bonds is 6. The minimum atomic E-state index is 0.0283. The lowest BCUT2D eigenvalue weighted by molar-refractivity contribution is 0.644. The normalized spacial score (nSPS) is 10.6. The molecule has 0 aliphatic rings. The Morgan fingerprint density at radius 3 is 2.84 bits per heavy atom. The summed E-state index contributed by atoms with van der Waals surface area (Å²) in [6.07, 6.45) is 6.74. The van der Waals surface area contributed by atoms with Gasteiger partial charge in [0.2, 0.25) is 0 Å². The fourth-order valence-corrected chi connectivity index (χ4v) is 2.02. The average molecular weight is 260 g/mol. The fraction of sp³-hybridized carbons (Fsp3) is 0.429. The van der Waals surface area contributed by atoms with E-state index in [1.807, 2.05) is 31.6 Å². The topological polar surface area (TPSA) is 51.9 Å². The number of imidazole rings is 1. The van der Waals surface area contributed by atoms with Crippen LogP contribution in [0.15, 0.2) is 35.5 Å². The first kappa shape index (κ1) is 13.4. The number of anilines is 1. The van der Waals surface area contributed by atoms with Gasteiger partial charge < -0.3 is 14.5 Å². The maximum atomic E-state index is 11.5. The summed E-state index contributed by atoms with van der Waals surface area (Å²) in [4.78, 5) is 15.8. The van der Waals surface area contributed by atoms with Crippen LogP contribution in [0.25, 0.3) is 0 Å². The van der Waals surface area contributed by atoms with Crippen LogP contribution in [-0.2, 0) is 19.6 Å². The number of hydrogen-bond donors (Lipinski definition) is 1. The van der Waals surface area contributed by atoms with Crippen LogP contribution < -0.4 is 10.9 Å². The highest BCUT2D eigenvalue weighted by atomic mass is 16.1. The summed E-state index contributed by atoms with van der Waals surface area (Å²) in [5.74, 6) is 1.01. The van der Waals surface area contributed by atoms with E-state index < -0.39 is 0 Å². The van der Waals surface area contributed by atoms with E-state index in [1.165, 1.54) is 0 Å². The number of nitrogens with one attached hydrogen (secondary N) is 1. The highest BCUT2D eigenvalue weighted by molar-refractivity contribution is 5.40. The van der Waals surface area contributed by atoms with Gasteiger partial charge in [-0.15, -0.1) is 0 Å². The maximum absolute atomic E-state index is 11.5. The second kappa shape index (κ2) is 6.22. The Morgan fingerprint density at radius 1 is 1.26 bits per heavy atom. The lowest BCUT2D eigenvalue weighted by Gasteiger charge is -2.10. The molecule has 2 aromatic heterocycles. The molecule has 0 bridgehead atoms. The number of pyridine rings is 1. The van der Waals surface area contributed by atoms with Crippen LogP contribution in [0.4, 0.5) is 5.69 Å². The van der Waals surface area contributed by atoms with Gasteiger partial charge >= 0.3 is 0 Å². The molecule has 2 aromatic rings. The lowest BCUT2D eigenvalue weighted by atomic mass is 10.4. The molecule has 2 heterocycles. The fourth-order valence-electron chi connectivity index (χ4n) is 2.02. The van der Waals surface area contributed by atoms with Gasteiger partial charge in [0.15, 0.2) is 0 Å². The number of aryl methyl sites for hydroxylation is 2. The summed E-state index contributed by atoms with van der Waals surface area (Å²) in [5, 5.41) is 3.30. The zero-order valence-electron chi connectivity index (χ0n) is 11.5. The van der Waals surface area contributed by atoms with Crippen LogP contribution in [0.5, 0.6) is 0 Å². The minimum absolute atomic E-state index is 0.0283. The molecule has 5 nitrogen and oxygen atoms in total. The van der Waals surface area contributed by atoms with Crippen LogP contribution in [0, 0.1) is 0 Å². The SMILES string of the molecule is CCCn1ccnc1CNc1ccc(=O)n(CC)c1. The third kappa shape index (κ3) is 3.24. The van der Waals surface area contributed by atoms with Crippen LogP contribution in [0.1, 0.15) is 26.1 Å². The van der Waals surface area contributed by atoms with Crippen molar-refractivity contribution in [2.45, 2.75) is 39.9 Å². The molecule has 0 unspecified atom stereocenters. The summed E-state index contributed by atoms with van der Waals surface area (Å²) in [6.45, 7) is 6.42. The predicted octanol–water partition coefficient (Wildman–Crippen LogP) is 2.09. The van der Waals surface area contributed by atoms with Gasteiger partial charge in [-0.05, 0) is 19.4 Å². The van der Waals surface area contributed by atoms with E-state index in [0.717, 1.165) is 24.5 Å². The smallest absolute Gasteiger partial charge is 0.250 e. The van der Waals surface area contributed by atoms with Gasteiger partial charge in [-0.2, -0.15) is 0 Å². The zero-order chi connectivity index (χ0) is 13.7. The van der Waals surface area contributed by atoms with Gasteiger partial charge in [-0.1, -0.05) is 6.92 Å². The molecule has 0 aromatic carbocycles. The molecule has 0 saturated heterocycles. The number of hydrogen-bond acceptors (Lipinski definition) is 3. The molecule has 1 N–H and O–H groups in total. The predicted molar refractivity (Wildman–Crippen MR) is 76.2 cm³/mol. The maximum Gasteiger partial charge on any atom is 0.250 e. The van der Waals surface area contributed by atoms with Gasteiger partial charge in [-0.3, -0.25) is 4.79 Å². The third-order valence-electron chi connectivity index (χ3n) is 3.04. The Balaban J connectivity index is 2.06. The third-order valence-corrected chi connectivity index (χ3v) is 3.04. The van der Waals surface area contributed by atoms with Crippen molar-refractivity contribution in [3.05, 3.63) is 46.9 Å². The average Bonchev–Trinajstić information content (AvgIpc) is 2.86. The van der Waals surface area contributed by atoms with Gasteiger partial charge in [0.25, 0.3) is 5.56 Å². The highest BCUT2D eigenvalue weighted by Gasteiger charge is 2.02. The van der Waals surface area contributed by atoms with E-state index >= 15 is 0 Å². The van der Waals surface area contributed by atoms with Crippen molar-refractivity contribution in [3.63, 3.8) is 0 Å². The number of nitrogens with zero attached hydrogens (tertiary/aromatic N) is 3. The Kier molecular flexibility index (Phi) is 4.39. The minimum Gasteiger partial charge on any atom is -0.377 e. The van der Waals surface area contributed by atoms with E-state index in [1.54, 1.807) is 10.6 Å². The molecule has 0 spiro atoms. The molecular formula is C14H20N4O. The lowest BCUT2D eigenvalue weighted by Crippen LogP contribution is -2.18. The summed E-state index contributed by atoms with van der Waals surface area (Å²) >= 11 is 0. The van der Waals surface area contributed by atoms with Crippen molar-refractivity contribution in [3.8, 4) is 0 Å². The monoisotopic (exact) mass is 260 g/mol. The van der Waals surface area contributed by atoms with E-state index in [2.05, 4.69) is 21.8 Å². The molecule has 0 saturated carbocycles. The Labute approximate surface area is 112 Å². The Bertz CT molecular complexity index is 585. The molecule has 0 amide bonds. The Hall–Kier alpha value is -2.04. The molecule has 19 heavy (non-hydrogen) atoms. The van der Waals surface area contributed by atoms with Crippen molar-refractivity contribution in [1.29, 1.82) is 0 Å². The quantitative estimate of drug-likeness (QED) is 0.865. The van der Waals surface area contributed by atoms with Gasteiger partial charge in [0, 0.05) is 37.7 Å². The Morgan fingerprint density at radius 2 is 2.11 bits per heavy atom. The van der Waals surface area contributed by atoms with Gasteiger partial charge in [0.1, 0.15) is 5.82 Å². The number of aromatic nitrogens is 3. The summed E-state index contributed by atoms with van der Waals surface area (Å²) in [5.41, 5.74) is 0.966. The van der Waals surface area contributed by atoms with Crippen molar-refractivity contribution < 1.29 is 0 Å². The molecule has 0 atom stereocenters. The molecule has 102 valence electrons. The van der Waals surface area contributed by atoms with Crippen LogP contribution in [-0.4, -0.2) is 14.1 Å². The van der Waals surface area contributed by atoms with Crippen molar-refractivity contribution in [2.24, 2.45) is 0 Å². The highest BCUT2D eigenvalue weighted by Crippen LogP contribution is 2.07. The molecular weight excluding hydrogens is 240 g/mol. The van der Waals surface area contributed by atoms with Gasteiger partial charge in [-0.25, -0.2) is 4.98 Å². The molecule has 0 aliphatic carbocycles. The molecule has 0 fully saturated rings. The molecule has 0 radical (unpaired) electrons. The van der Waals surface area contributed by atoms with Crippen LogP contribution in [0.3, 0.4) is 0 Å². The van der Waals surface area contributed by atoms with E-state index in [9.17, 15) is 4.79 Å². The van der Waals surface area contributed by atoms with E-state index in [4.69, 9.17) is 0 Å². The largest absolute Gasteiger partial charge is 0.377 e. The second-order valence-electron chi connectivity index (χ2n) is 4.43. The van der Waals surface area contributed by atoms with Gasteiger partial charge in [0.05, 0.1) is 12.2 Å². The standard InChI is InChI=1S/C14H20N4O/c1-3-8-18-9-7-15-13(18)10-16-12-5-6-14(19)17(4-2)11-12/h5-7,9,11,16H,3-4,8,10H2,1-2H3. The first-order valence-corrected chi connectivity index (χ1v) is 6.69. The first-order valence-electron chi connectivity index (χ1n) is 6.69. The molecule has 2 rings (SSSR count). The molecule has 0 aliphatic heterocycles. The molecule has 5 heteroatoms. The summed E-state index contributed by atoms with van der Waals surface area (Å²) in [6, 6.07) is 3.39. The van der Waals surface area contributed by atoms with E-state index in [0.29, 0.717) is 13.1 Å². The second-order valence-corrected chi connectivity index (χ2v) is 4.43. The van der Waals surface area contributed by atoms with E-state index in [-0.39, 0.29) is 5.56 Å².